The Kier molecular flexibility index (Phi) is 8.93. The minimum absolute atomic E-state index is 0.151. The first-order chi connectivity index (χ1) is 20.3. The molecular formula is C25H20N4O11S3. The predicted molar refractivity (Wildman–Crippen MR) is 151 cm³/mol. The van der Waals surface area contributed by atoms with Crippen LogP contribution in [0.2, 0.25) is 0 Å². The molecule has 4 rings (SSSR count). The van der Waals surface area contributed by atoms with Gasteiger partial charge in [-0.1, -0.05) is 11.3 Å². The third-order valence-electron chi connectivity index (χ3n) is 5.53. The lowest BCUT2D eigenvalue weighted by Gasteiger charge is -2.11. The summed E-state index contributed by atoms with van der Waals surface area (Å²) >= 11 is 0.588. The van der Waals surface area contributed by atoms with Gasteiger partial charge < -0.3 is 14.6 Å². The summed E-state index contributed by atoms with van der Waals surface area (Å²) in [5.41, 5.74) is -0.616. The van der Waals surface area contributed by atoms with Gasteiger partial charge in [0, 0.05) is 17.8 Å². The van der Waals surface area contributed by atoms with Crippen molar-refractivity contribution in [2.75, 3.05) is 23.8 Å². The van der Waals surface area contributed by atoms with Crippen molar-refractivity contribution in [2.45, 2.75) is 14.0 Å². The van der Waals surface area contributed by atoms with Crippen molar-refractivity contribution in [2.24, 2.45) is 0 Å². The topological polar surface area (TPSA) is 221 Å². The van der Waals surface area contributed by atoms with E-state index in [0.29, 0.717) is 17.1 Å². The maximum absolute atomic E-state index is 12.8. The number of nitrogens with zero attached hydrogens (tertiary/aromatic N) is 2. The van der Waals surface area contributed by atoms with Crippen molar-refractivity contribution in [3.8, 4) is 11.5 Å². The molecule has 0 aliphatic rings. The van der Waals surface area contributed by atoms with Crippen LogP contribution in [0.15, 0.2) is 86.9 Å². The monoisotopic (exact) mass is 648 g/mol. The van der Waals surface area contributed by atoms with Gasteiger partial charge in [0.2, 0.25) is 9.84 Å². The Labute approximate surface area is 247 Å². The Balaban J connectivity index is 1.39. The second-order valence-electron chi connectivity index (χ2n) is 8.38. The molecule has 0 aliphatic heterocycles. The first-order valence-corrected chi connectivity index (χ1v) is 15.5. The molecule has 0 saturated carbocycles. The molecule has 4 aromatic rings. The molecule has 0 bridgehead atoms. The van der Waals surface area contributed by atoms with Crippen molar-refractivity contribution >= 4 is 59.6 Å². The number of anilines is 2. The molecule has 43 heavy (non-hydrogen) atoms. The van der Waals surface area contributed by atoms with E-state index in [4.69, 9.17) is 9.47 Å². The molecule has 224 valence electrons. The summed E-state index contributed by atoms with van der Waals surface area (Å²) in [6.07, 6.45) is 0.979. The quantitative estimate of drug-likeness (QED) is 0.121. The van der Waals surface area contributed by atoms with Crippen molar-refractivity contribution < 1.29 is 45.9 Å². The Hall–Kier alpha value is -5.07. The van der Waals surface area contributed by atoms with Crippen LogP contribution in [0, 0.1) is 10.1 Å². The number of phenols is 1. The molecule has 3 N–H and O–H groups in total. The number of hydrogen-bond donors (Lipinski definition) is 3. The number of non-ortho nitro benzene ring substituents is 1. The number of aromatic hydroxyl groups is 1. The van der Waals surface area contributed by atoms with E-state index in [9.17, 15) is 41.6 Å². The van der Waals surface area contributed by atoms with E-state index in [1.807, 2.05) is 0 Å². The standard InChI is InChI=1S/C25H20N4O11S3/c1-39-17-6-2-15(3-7-17)28-43(37,38)19-10-11-21(30)20(12-19)24(32)40-14-22(31)27-25-26-13-23(41-25)42(35,36)18-8-4-16(5-9-18)29(33)34/h2-13,28,30H,14H2,1H3,(H,26,27,31). The van der Waals surface area contributed by atoms with Crippen LogP contribution in [0.4, 0.5) is 16.5 Å². The van der Waals surface area contributed by atoms with Gasteiger partial charge in [-0.25, -0.2) is 26.6 Å². The third kappa shape index (κ3) is 7.23. The Morgan fingerprint density at radius 2 is 1.65 bits per heavy atom. The smallest absolute Gasteiger partial charge is 0.342 e. The number of phenolic OH excluding ortho intramolecular Hbond substituents is 1. The second-order valence-corrected chi connectivity index (χ2v) is 13.3. The first-order valence-electron chi connectivity index (χ1n) is 11.7. The van der Waals surface area contributed by atoms with E-state index in [1.54, 1.807) is 0 Å². The van der Waals surface area contributed by atoms with Crippen molar-refractivity contribution in [1.29, 1.82) is 0 Å². The lowest BCUT2D eigenvalue weighted by atomic mass is 10.2. The lowest BCUT2D eigenvalue weighted by molar-refractivity contribution is -0.384. The first kappa shape index (κ1) is 30.9. The van der Waals surface area contributed by atoms with Crippen LogP contribution >= 0.6 is 11.3 Å². The zero-order valence-electron chi connectivity index (χ0n) is 21.8. The number of benzene rings is 3. The molecule has 18 heteroatoms. The fourth-order valence-electron chi connectivity index (χ4n) is 3.39. The number of sulfonamides is 1. The van der Waals surface area contributed by atoms with Crippen LogP contribution in [0.25, 0.3) is 0 Å². The van der Waals surface area contributed by atoms with Crippen LogP contribution in [0.5, 0.6) is 11.5 Å². The van der Waals surface area contributed by atoms with Crippen molar-refractivity contribution in [3.05, 3.63) is 88.6 Å². The third-order valence-corrected chi connectivity index (χ3v) is 10.1. The van der Waals surface area contributed by atoms with Gasteiger partial charge in [0.05, 0.1) is 28.0 Å². The van der Waals surface area contributed by atoms with E-state index in [2.05, 4.69) is 15.0 Å². The molecule has 0 spiro atoms. The number of carbonyl (C=O) groups excluding carboxylic acids is 2. The highest BCUT2D eigenvalue weighted by Gasteiger charge is 2.24. The molecule has 3 aromatic carbocycles. The average molecular weight is 649 g/mol. The fourth-order valence-corrected chi connectivity index (χ4v) is 6.92. The number of rotatable bonds is 11. The van der Waals surface area contributed by atoms with Crippen LogP contribution in [0.3, 0.4) is 0 Å². The molecule has 0 unspecified atom stereocenters. The minimum Gasteiger partial charge on any atom is -0.507 e. The van der Waals surface area contributed by atoms with Gasteiger partial charge in [-0.05, 0) is 54.6 Å². The van der Waals surface area contributed by atoms with Crippen LogP contribution in [-0.4, -0.2) is 57.4 Å². The largest absolute Gasteiger partial charge is 0.507 e. The zero-order valence-corrected chi connectivity index (χ0v) is 24.2. The molecule has 0 aliphatic carbocycles. The maximum atomic E-state index is 12.8. The number of thiazole rings is 1. The molecular weight excluding hydrogens is 628 g/mol. The van der Waals surface area contributed by atoms with Gasteiger partial charge in [-0.3, -0.25) is 24.9 Å². The number of nitro groups is 1. The van der Waals surface area contributed by atoms with Gasteiger partial charge in [0.25, 0.3) is 21.6 Å². The normalized spacial score (nSPS) is 11.4. The summed E-state index contributed by atoms with van der Waals surface area (Å²) in [6, 6.07) is 13.1. The molecule has 15 nitrogen and oxygen atoms in total. The molecule has 0 atom stereocenters. The fraction of sp³-hybridized carbons (Fsp3) is 0.0800. The second kappa shape index (κ2) is 12.4. The highest BCUT2D eigenvalue weighted by atomic mass is 32.2. The van der Waals surface area contributed by atoms with Crippen LogP contribution < -0.4 is 14.8 Å². The molecule has 0 saturated heterocycles. The highest BCUT2D eigenvalue weighted by Crippen LogP contribution is 2.30. The predicted octanol–water partition coefficient (Wildman–Crippen LogP) is 3.19. The Morgan fingerprint density at radius 1 is 1.00 bits per heavy atom. The van der Waals surface area contributed by atoms with Gasteiger partial charge in [-0.2, -0.15) is 0 Å². The number of nitro benzene ring substituents is 1. The van der Waals surface area contributed by atoms with Gasteiger partial charge in [0.1, 0.15) is 21.3 Å². The number of sulfone groups is 1. The number of esters is 1. The van der Waals surface area contributed by atoms with Crippen molar-refractivity contribution in [1.82, 2.24) is 4.98 Å². The lowest BCUT2D eigenvalue weighted by Crippen LogP contribution is -2.21. The Bertz CT molecular complexity index is 1910. The average Bonchev–Trinajstić information content (AvgIpc) is 3.45. The SMILES string of the molecule is COc1ccc(NS(=O)(=O)c2ccc(O)c(C(=O)OCC(=O)Nc3ncc(S(=O)(=O)c4ccc([N+](=O)[O-])cc4)s3)c2)cc1. The number of aromatic nitrogens is 1. The van der Waals surface area contributed by atoms with E-state index >= 15 is 0 Å². The number of amides is 1. The Morgan fingerprint density at radius 3 is 2.28 bits per heavy atom. The number of ether oxygens (including phenoxy) is 2. The number of nitrogens with one attached hydrogen (secondary N) is 2. The van der Waals surface area contributed by atoms with E-state index in [0.717, 1.165) is 48.7 Å². The van der Waals surface area contributed by atoms with Gasteiger partial charge >= 0.3 is 5.97 Å². The number of carbonyl (C=O) groups is 2. The highest BCUT2D eigenvalue weighted by molar-refractivity contribution is 7.93. The maximum Gasteiger partial charge on any atom is 0.342 e. The van der Waals surface area contributed by atoms with Gasteiger partial charge in [0.15, 0.2) is 11.7 Å². The molecule has 0 fully saturated rings. The molecule has 1 aromatic heterocycles. The van der Waals surface area contributed by atoms with E-state index in [1.165, 1.54) is 31.4 Å². The molecule has 1 amide bonds. The molecule has 0 radical (unpaired) electrons. The number of hydrogen-bond acceptors (Lipinski definition) is 13. The number of methoxy groups -OCH3 is 1. The summed E-state index contributed by atoms with van der Waals surface area (Å²) in [4.78, 5) is 38.2. The summed E-state index contributed by atoms with van der Waals surface area (Å²) < 4.78 is 63.1. The van der Waals surface area contributed by atoms with E-state index < -0.39 is 54.6 Å². The summed E-state index contributed by atoms with van der Waals surface area (Å²) in [7, 11) is -6.83. The summed E-state index contributed by atoms with van der Waals surface area (Å²) in [6.45, 7) is -0.886. The summed E-state index contributed by atoms with van der Waals surface area (Å²) in [5.74, 6) is -2.22. The zero-order chi connectivity index (χ0) is 31.4. The summed E-state index contributed by atoms with van der Waals surface area (Å²) in [5, 5.41) is 23.0. The van der Waals surface area contributed by atoms with Gasteiger partial charge in [-0.15, -0.1) is 0 Å². The molecule has 1 heterocycles. The minimum atomic E-state index is -4.19. The van der Waals surface area contributed by atoms with Crippen molar-refractivity contribution in [3.63, 3.8) is 0 Å². The van der Waals surface area contributed by atoms with Crippen LogP contribution in [-0.2, 0) is 29.4 Å². The van der Waals surface area contributed by atoms with Crippen LogP contribution in [0.1, 0.15) is 10.4 Å². The van der Waals surface area contributed by atoms with E-state index in [-0.39, 0.29) is 30.5 Å².